The van der Waals surface area contributed by atoms with E-state index in [1.165, 1.54) is 0 Å². The van der Waals surface area contributed by atoms with Crippen molar-refractivity contribution in [2.24, 2.45) is 0 Å². The summed E-state index contributed by atoms with van der Waals surface area (Å²) < 4.78 is 0. The van der Waals surface area contributed by atoms with Crippen molar-refractivity contribution in [1.29, 1.82) is 0 Å². The molecule has 0 radical (unpaired) electrons. The number of carbonyl (C=O) groups excluding carboxylic acids is 1. The number of nitrogens with zero attached hydrogens (tertiary/aromatic N) is 1. The van der Waals surface area contributed by atoms with Crippen molar-refractivity contribution in [2.75, 3.05) is 0 Å². The first-order valence-corrected chi connectivity index (χ1v) is 7.94. The normalized spacial score (nSPS) is 11.1. The maximum Gasteiger partial charge on any atom is 0.253 e. The predicted molar refractivity (Wildman–Crippen MR) is 96.6 cm³/mol. The van der Waals surface area contributed by atoms with E-state index in [0.29, 0.717) is 11.1 Å². The van der Waals surface area contributed by atoms with E-state index in [1.807, 2.05) is 31.2 Å². The molecule has 0 saturated heterocycles. The molecule has 6 nitrogen and oxygen atoms in total. The lowest BCUT2D eigenvalue weighted by Crippen LogP contribution is -2.26. The van der Waals surface area contributed by atoms with Crippen LogP contribution in [0.5, 0.6) is 0 Å². The van der Waals surface area contributed by atoms with Gasteiger partial charge in [0.15, 0.2) is 0 Å². The average Bonchev–Trinajstić information content (AvgIpc) is 3.07. The molecule has 0 aliphatic carbocycles. The number of hydrogen-bond donors (Lipinski definition) is 3. The first kappa shape index (κ1) is 15.1. The van der Waals surface area contributed by atoms with Gasteiger partial charge in [-0.2, -0.15) is 0 Å². The number of aryl methyl sites for hydroxylation is 1. The molecule has 2 aromatic heterocycles. The number of H-pyrrole nitrogens is 2. The molecule has 2 aromatic carbocycles. The SMILES string of the molecule is Cc1ccc2[nH]c(=O)c(CNC(=O)c3ccc4nc[nH]c4c3)cc2c1. The summed E-state index contributed by atoms with van der Waals surface area (Å²) in [6.07, 6.45) is 1.59. The largest absolute Gasteiger partial charge is 0.348 e. The van der Waals surface area contributed by atoms with E-state index in [-0.39, 0.29) is 18.0 Å². The first-order chi connectivity index (χ1) is 12.1. The highest BCUT2D eigenvalue weighted by atomic mass is 16.1. The Hall–Kier alpha value is -3.41. The number of pyridine rings is 1. The Morgan fingerprint density at radius 1 is 1.12 bits per heavy atom. The zero-order valence-electron chi connectivity index (χ0n) is 13.6. The number of benzene rings is 2. The summed E-state index contributed by atoms with van der Waals surface area (Å²) in [6.45, 7) is 2.16. The monoisotopic (exact) mass is 332 g/mol. The number of nitrogens with one attached hydrogen (secondary N) is 3. The number of hydrogen-bond acceptors (Lipinski definition) is 3. The van der Waals surface area contributed by atoms with E-state index in [1.54, 1.807) is 24.5 Å². The fraction of sp³-hybridized carbons (Fsp3) is 0.105. The van der Waals surface area contributed by atoms with Crippen molar-refractivity contribution >= 4 is 27.8 Å². The summed E-state index contributed by atoms with van der Waals surface area (Å²) in [7, 11) is 0. The average molecular weight is 332 g/mol. The minimum absolute atomic E-state index is 0.166. The van der Waals surface area contributed by atoms with Crippen LogP contribution in [-0.2, 0) is 6.54 Å². The van der Waals surface area contributed by atoms with Gasteiger partial charge in [-0.15, -0.1) is 0 Å². The molecule has 4 rings (SSSR count). The quantitative estimate of drug-likeness (QED) is 0.539. The number of amides is 1. The Kier molecular flexibility index (Phi) is 3.57. The standard InChI is InChI=1S/C19H16N4O2/c1-11-2-4-15-13(6-11)7-14(19(25)23-15)9-20-18(24)12-3-5-16-17(8-12)22-10-21-16/h2-8,10H,9H2,1H3,(H,20,24)(H,21,22)(H,23,25). The van der Waals surface area contributed by atoms with Gasteiger partial charge in [-0.05, 0) is 48.7 Å². The van der Waals surface area contributed by atoms with E-state index in [9.17, 15) is 9.59 Å². The first-order valence-electron chi connectivity index (χ1n) is 7.94. The highest BCUT2D eigenvalue weighted by Crippen LogP contribution is 2.14. The number of aromatic amines is 2. The van der Waals surface area contributed by atoms with Crippen molar-refractivity contribution in [1.82, 2.24) is 20.3 Å². The maximum absolute atomic E-state index is 12.4. The van der Waals surface area contributed by atoms with Gasteiger partial charge in [-0.1, -0.05) is 11.6 Å². The van der Waals surface area contributed by atoms with Crippen LogP contribution in [0.2, 0.25) is 0 Å². The summed E-state index contributed by atoms with van der Waals surface area (Å²) in [5, 5.41) is 3.75. The van der Waals surface area contributed by atoms with Crippen LogP contribution in [0, 0.1) is 6.92 Å². The van der Waals surface area contributed by atoms with Gasteiger partial charge in [-0.3, -0.25) is 9.59 Å². The van der Waals surface area contributed by atoms with Gasteiger partial charge < -0.3 is 15.3 Å². The van der Waals surface area contributed by atoms with Gasteiger partial charge in [-0.25, -0.2) is 4.98 Å². The topological polar surface area (TPSA) is 90.6 Å². The predicted octanol–water partition coefficient (Wildman–Crippen LogP) is 2.64. The lowest BCUT2D eigenvalue weighted by Gasteiger charge is -2.07. The molecule has 0 unspecified atom stereocenters. The number of aromatic nitrogens is 3. The molecule has 0 fully saturated rings. The second-order valence-electron chi connectivity index (χ2n) is 6.03. The lowest BCUT2D eigenvalue weighted by atomic mass is 10.1. The summed E-state index contributed by atoms with van der Waals surface area (Å²) in [5.41, 5.74) is 4.35. The summed E-state index contributed by atoms with van der Waals surface area (Å²) >= 11 is 0. The molecule has 6 heteroatoms. The van der Waals surface area contributed by atoms with Gasteiger partial charge in [0.25, 0.3) is 11.5 Å². The molecule has 2 heterocycles. The van der Waals surface area contributed by atoms with Crippen LogP contribution >= 0.6 is 0 Å². The molecule has 25 heavy (non-hydrogen) atoms. The highest BCUT2D eigenvalue weighted by Gasteiger charge is 2.09. The second-order valence-corrected chi connectivity index (χ2v) is 6.03. The van der Waals surface area contributed by atoms with E-state index in [0.717, 1.165) is 27.5 Å². The lowest BCUT2D eigenvalue weighted by molar-refractivity contribution is 0.0951. The Balaban J connectivity index is 1.57. The fourth-order valence-corrected chi connectivity index (χ4v) is 2.86. The molecular formula is C19H16N4O2. The van der Waals surface area contributed by atoms with Crippen LogP contribution in [0.25, 0.3) is 21.9 Å². The molecular weight excluding hydrogens is 316 g/mol. The van der Waals surface area contributed by atoms with E-state index < -0.39 is 0 Å². The van der Waals surface area contributed by atoms with Crippen LogP contribution < -0.4 is 10.9 Å². The van der Waals surface area contributed by atoms with Crippen LogP contribution in [0.4, 0.5) is 0 Å². The number of carbonyl (C=O) groups is 1. The van der Waals surface area contributed by atoms with Crippen molar-refractivity contribution in [3.05, 3.63) is 75.8 Å². The molecule has 3 N–H and O–H groups in total. The van der Waals surface area contributed by atoms with Crippen molar-refractivity contribution in [2.45, 2.75) is 13.5 Å². The van der Waals surface area contributed by atoms with Gasteiger partial charge in [0.05, 0.1) is 17.4 Å². The second kappa shape index (κ2) is 5.90. The molecule has 124 valence electrons. The Morgan fingerprint density at radius 3 is 2.88 bits per heavy atom. The van der Waals surface area contributed by atoms with Gasteiger partial charge in [0, 0.05) is 23.2 Å². The Labute approximate surface area is 142 Å². The van der Waals surface area contributed by atoms with E-state index in [2.05, 4.69) is 20.3 Å². The summed E-state index contributed by atoms with van der Waals surface area (Å²) in [6, 6.07) is 12.9. The molecule has 0 spiro atoms. The van der Waals surface area contributed by atoms with E-state index in [4.69, 9.17) is 0 Å². The molecule has 1 amide bonds. The molecule has 0 aliphatic heterocycles. The Morgan fingerprint density at radius 2 is 2.00 bits per heavy atom. The third-order valence-corrected chi connectivity index (χ3v) is 4.20. The molecule has 0 aliphatic rings. The summed E-state index contributed by atoms with van der Waals surface area (Å²) in [4.78, 5) is 34.5. The third-order valence-electron chi connectivity index (χ3n) is 4.20. The van der Waals surface area contributed by atoms with Gasteiger partial charge >= 0.3 is 0 Å². The van der Waals surface area contributed by atoms with Crippen molar-refractivity contribution < 1.29 is 4.79 Å². The number of rotatable bonds is 3. The van der Waals surface area contributed by atoms with Crippen LogP contribution in [0.1, 0.15) is 21.5 Å². The third kappa shape index (κ3) is 2.89. The van der Waals surface area contributed by atoms with Crippen LogP contribution in [0.3, 0.4) is 0 Å². The minimum Gasteiger partial charge on any atom is -0.348 e. The smallest absolute Gasteiger partial charge is 0.253 e. The number of fused-ring (bicyclic) bond motifs is 2. The van der Waals surface area contributed by atoms with Gasteiger partial charge in [0.1, 0.15) is 0 Å². The van der Waals surface area contributed by atoms with Crippen LogP contribution in [-0.4, -0.2) is 20.9 Å². The minimum atomic E-state index is -0.236. The van der Waals surface area contributed by atoms with E-state index >= 15 is 0 Å². The van der Waals surface area contributed by atoms with Crippen LogP contribution in [0.15, 0.2) is 53.6 Å². The molecule has 0 saturated carbocycles. The Bertz CT molecular complexity index is 1160. The molecule has 0 bridgehead atoms. The molecule has 0 atom stereocenters. The zero-order valence-corrected chi connectivity index (χ0v) is 13.6. The van der Waals surface area contributed by atoms with Crippen molar-refractivity contribution in [3.63, 3.8) is 0 Å². The van der Waals surface area contributed by atoms with Crippen molar-refractivity contribution in [3.8, 4) is 0 Å². The highest BCUT2D eigenvalue weighted by molar-refractivity contribution is 5.97. The molecule has 4 aromatic rings. The zero-order chi connectivity index (χ0) is 17.4. The maximum atomic E-state index is 12.4. The summed E-state index contributed by atoms with van der Waals surface area (Å²) in [5.74, 6) is -0.236. The fourth-order valence-electron chi connectivity index (χ4n) is 2.86. The number of imidazole rings is 1. The van der Waals surface area contributed by atoms with Gasteiger partial charge in [0.2, 0.25) is 0 Å².